The molecule has 21 heavy (non-hydrogen) atoms. The average molecular weight is 322 g/mol. The van der Waals surface area contributed by atoms with Crippen LogP contribution in [0.1, 0.15) is 20.3 Å². The van der Waals surface area contributed by atoms with Crippen molar-refractivity contribution >= 4 is 22.3 Å². The van der Waals surface area contributed by atoms with Gasteiger partial charge in [0.2, 0.25) is 0 Å². The number of urea groups is 1. The van der Waals surface area contributed by atoms with Gasteiger partial charge in [-0.05, 0) is 11.8 Å². The van der Waals surface area contributed by atoms with Crippen LogP contribution in [-0.4, -0.2) is 60.5 Å². The second kappa shape index (κ2) is 5.09. The van der Waals surface area contributed by atoms with Gasteiger partial charge in [0, 0.05) is 13.6 Å². The first-order chi connectivity index (χ1) is 9.57. The number of hydrogen-bond acceptors (Lipinski definition) is 6. The molecular weight excluding hydrogens is 304 g/mol. The zero-order chi connectivity index (χ0) is 16.0. The number of fused-ring (bicyclic) bond motifs is 2. The van der Waals surface area contributed by atoms with Gasteiger partial charge < -0.3 is 4.90 Å². The number of hydroxylamine groups is 2. The molecule has 11 heteroatoms. The van der Waals surface area contributed by atoms with Gasteiger partial charge in [-0.25, -0.2) is 10.2 Å². The van der Waals surface area contributed by atoms with Crippen LogP contribution in [0.5, 0.6) is 0 Å². The van der Waals surface area contributed by atoms with Crippen molar-refractivity contribution < 1.29 is 26.8 Å². The molecule has 2 aliphatic rings. The topological polar surface area (TPSA) is 128 Å². The number of piperidine rings is 1. The summed E-state index contributed by atoms with van der Waals surface area (Å²) < 4.78 is 34.9. The van der Waals surface area contributed by atoms with E-state index < -0.39 is 39.8 Å². The monoisotopic (exact) mass is 322 g/mol. The Balaban J connectivity index is 2.31. The predicted molar refractivity (Wildman–Crippen MR) is 69.8 cm³/mol. The molecule has 10 nitrogen and oxygen atoms in total. The van der Waals surface area contributed by atoms with Gasteiger partial charge in [0.15, 0.2) is 0 Å². The summed E-state index contributed by atoms with van der Waals surface area (Å²) in [7, 11) is -3.29. The summed E-state index contributed by atoms with van der Waals surface area (Å²) >= 11 is 0. The average Bonchev–Trinajstić information content (AvgIpc) is 2.60. The van der Waals surface area contributed by atoms with E-state index in [-0.39, 0.29) is 6.54 Å². The number of amides is 3. The predicted octanol–water partition coefficient (Wildman–Crippen LogP) is -1.12. The fourth-order valence-electron chi connectivity index (χ4n) is 2.79. The van der Waals surface area contributed by atoms with Crippen molar-refractivity contribution in [1.29, 1.82) is 0 Å². The molecule has 0 spiro atoms. The number of rotatable bonds is 4. The Hall–Kier alpha value is -1.43. The zero-order valence-corrected chi connectivity index (χ0v) is 12.7. The lowest BCUT2D eigenvalue weighted by Gasteiger charge is -2.40. The fourth-order valence-corrected chi connectivity index (χ4v) is 3.16. The maximum atomic E-state index is 12.2. The van der Waals surface area contributed by atoms with Crippen LogP contribution in [-0.2, 0) is 19.5 Å². The van der Waals surface area contributed by atoms with E-state index in [1.54, 1.807) is 13.8 Å². The SMILES string of the molecule is CNNC(=O)[C@@H]1CC(C)(C)[C@@H]2CN1C(=O)N2OS(=O)(=O)O. The highest BCUT2D eigenvalue weighted by Gasteiger charge is 2.56. The summed E-state index contributed by atoms with van der Waals surface area (Å²) in [5.74, 6) is -0.397. The Morgan fingerprint density at radius 2 is 2.10 bits per heavy atom. The third-order valence-corrected chi connectivity index (χ3v) is 4.16. The third-order valence-electron chi connectivity index (χ3n) is 3.81. The summed E-state index contributed by atoms with van der Waals surface area (Å²) in [6.07, 6.45) is 0.336. The quantitative estimate of drug-likeness (QED) is 0.441. The lowest BCUT2D eigenvalue weighted by atomic mass is 9.76. The standard InChI is InChI=1S/C10H18N4O6S/c1-10(2)4-6(8(15)12-11-3)13-5-7(10)14(9(13)16)20-21(17,18)19/h6-7,11H,4-5H2,1-3H3,(H,12,15)(H,17,18,19)/t6-,7-/m0/s1. The Labute approximate surface area is 122 Å². The summed E-state index contributed by atoms with van der Waals surface area (Å²) in [5.41, 5.74) is 4.34. The normalized spacial score (nSPS) is 27.9. The van der Waals surface area contributed by atoms with Crippen molar-refractivity contribution in [2.45, 2.75) is 32.4 Å². The van der Waals surface area contributed by atoms with Gasteiger partial charge in [0.05, 0.1) is 6.04 Å². The lowest BCUT2D eigenvalue weighted by Crippen LogP contribution is -2.56. The van der Waals surface area contributed by atoms with Crippen LogP contribution in [0.2, 0.25) is 0 Å². The van der Waals surface area contributed by atoms with E-state index in [0.29, 0.717) is 11.5 Å². The van der Waals surface area contributed by atoms with Crippen LogP contribution < -0.4 is 10.9 Å². The molecule has 0 radical (unpaired) electrons. The molecule has 2 aliphatic heterocycles. The zero-order valence-electron chi connectivity index (χ0n) is 11.9. The largest absolute Gasteiger partial charge is 0.418 e. The van der Waals surface area contributed by atoms with Crippen LogP contribution in [0.15, 0.2) is 0 Å². The molecule has 120 valence electrons. The fraction of sp³-hybridized carbons (Fsp3) is 0.800. The lowest BCUT2D eigenvalue weighted by molar-refractivity contribution is -0.129. The number of carbonyl (C=O) groups excluding carboxylic acids is 2. The third kappa shape index (κ3) is 2.95. The van der Waals surface area contributed by atoms with Crippen LogP contribution >= 0.6 is 0 Å². The van der Waals surface area contributed by atoms with Gasteiger partial charge in [0.1, 0.15) is 6.04 Å². The van der Waals surface area contributed by atoms with E-state index in [0.717, 1.165) is 0 Å². The highest BCUT2D eigenvalue weighted by molar-refractivity contribution is 7.80. The van der Waals surface area contributed by atoms with E-state index in [1.807, 2.05) is 0 Å². The first-order valence-electron chi connectivity index (χ1n) is 6.30. The van der Waals surface area contributed by atoms with Crippen molar-refractivity contribution in [2.75, 3.05) is 13.6 Å². The van der Waals surface area contributed by atoms with E-state index >= 15 is 0 Å². The Morgan fingerprint density at radius 3 is 2.62 bits per heavy atom. The van der Waals surface area contributed by atoms with E-state index in [1.165, 1.54) is 11.9 Å². The molecule has 0 aliphatic carbocycles. The molecule has 2 fully saturated rings. The van der Waals surface area contributed by atoms with Crippen LogP contribution in [0.25, 0.3) is 0 Å². The molecule has 0 saturated carbocycles. The van der Waals surface area contributed by atoms with E-state index in [9.17, 15) is 18.0 Å². The maximum absolute atomic E-state index is 12.2. The van der Waals surface area contributed by atoms with Crippen molar-refractivity contribution in [1.82, 2.24) is 20.8 Å². The molecule has 0 aromatic rings. The van der Waals surface area contributed by atoms with Gasteiger partial charge >= 0.3 is 16.4 Å². The number of hydrazine groups is 1. The van der Waals surface area contributed by atoms with Gasteiger partial charge in [-0.1, -0.05) is 13.8 Å². The van der Waals surface area contributed by atoms with Crippen LogP contribution in [0, 0.1) is 5.41 Å². The van der Waals surface area contributed by atoms with Crippen molar-refractivity contribution in [3.63, 3.8) is 0 Å². The number of nitrogens with one attached hydrogen (secondary N) is 2. The molecule has 3 amide bonds. The Kier molecular flexibility index (Phi) is 3.86. The molecule has 2 rings (SSSR count). The number of carbonyl (C=O) groups is 2. The highest BCUT2D eigenvalue weighted by Crippen LogP contribution is 2.42. The van der Waals surface area contributed by atoms with Crippen molar-refractivity contribution in [2.24, 2.45) is 5.41 Å². The minimum absolute atomic E-state index is 0.142. The smallest absolute Gasteiger partial charge is 0.309 e. The molecule has 2 saturated heterocycles. The van der Waals surface area contributed by atoms with Crippen LogP contribution in [0.3, 0.4) is 0 Å². The van der Waals surface area contributed by atoms with Crippen molar-refractivity contribution in [3.8, 4) is 0 Å². The molecule has 2 bridgehead atoms. The minimum Gasteiger partial charge on any atom is -0.309 e. The molecule has 2 atom stereocenters. The van der Waals surface area contributed by atoms with E-state index in [2.05, 4.69) is 15.1 Å². The molecule has 0 aromatic carbocycles. The summed E-state index contributed by atoms with van der Waals surface area (Å²) in [6, 6.07) is -2.09. The number of nitrogens with zero attached hydrogens (tertiary/aromatic N) is 2. The Morgan fingerprint density at radius 1 is 1.48 bits per heavy atom. The van der Waals surface area contributed by atoms with Gasteiger partial charge in [-0.2, -0.15) is 13.5 Å². The van der Waals surface area contributed by atoms with Crippen LogP contribution in [0.4, 0.5) is 4.79 Å². The molecular formula is C10H18N4O6S. The van der Waals surface area contributed by atoms with Gasteiger partial charge in [-0.3, -0.25) is 14.8 Å². The number of hydrogen-bond donors (Lipinski definition) is 3. The minimum atomic E-state index is -4.81. The second-order valence-corrected chi connectivity index (χ2v) is 6.73. The molecule has 0 aromatic heterocycles. The van der Waals surface area contributed by atoms with E-state index in [4.69, 9.17) is 4.55 Å². The second-order valence-electron chi connectivity index (χ2n) is 5.73. The molecule has 2 heterocycles. The first-order valence-corrected chi connectivity index (χ1v) is 7.67. The van der Waals surface area contributed by atoms with Crippen molar-refractivity contribution in [3.05, 3.63) is 0 Å². The molecule has 3 N–H and O–H groups in total. The molecule has 0 unspecified atom stereocenters. The summed E-state index contributed by atoms with van der Waals surface area (Å²) in [6.45, 7) is 3.74. The highest BCUT2D eigenvalue weighted by atomic mass is 32.3. The van der Waals surface area contributed by atoms with Gasteiger partial charge in [0.25, 0.3) is 5.91 Å². The Bertz CT molecular complexity index is 562. The summed E-state index contributed by atoms with van der Waals surface area (Å²) in [4.78, 5) is 25.5. The van der Waals surface area contributed by atoms with Gasteiger partial charge in [-0.15, -0.1) is 4.28 Å². The first kappa shape index (κ1) is 15.9. The summed E-state index contributed by atoms with van der Waals surface area (Å²) in [5, 5.41) is 0.627. The maximum Gasteiger partial charge on any atom is 0.418 e.